The van der Waals surface area contributed by atoms with Gasteiger partial charge >= 0.3 is 0 Å². The third-order valence-electron chi connectivity index (χ3n) is 3.68. The standard InChI is InChI=1S/C18H35NO.Fe/c1-2-3-4-5-6-7-8-9-10-11-12-13-14-15-16-17-18(19)20;/h9-10H,2-8,11-17H2,1H3,(H2,19,20);/b10-9-;. The molecule has 126 valence electrons. The van der Waals surface area contributed by atoms with Crippen molar-refractivity contribution < 1.29 is 21.9 Å². The van der Waals surface area contributed by atoms with Gasteiger partial charge in [0.2, 0.25) is 5.91 Å². The van der Waals surface area contributed by atoms with Crippen LogP contribution in [-0.4, -0.2) is 5.91 Å². The maximum atomic E-state index is 10.5. The second kappa shape index (κ2) is 19.7. The molecule has 0 fully saturated rings. The molecule has 2 nitrogen and oxygen atoms in total. The van der Waals surface area contributed by atoms with Gasteiger partial charge in [0.15, 0.2) is 0 Å². The Balaban J connectivity index is 0. The zero-order valence-corrected chi connectivity index (χ0v) is 15.0. The Morgan fingerprint density at radius 3 is 1.67 bits per heavy atom. The van der Waals surface area contributed by atoms with Crippen LogP contribution in [0.3, 0.4) is 0 Å². The molecule has 0 aromatic rings. The summed E-state index contributed by atoms with van der Waals surface area (Å²) in [5, 5.41) is 0. The molecule has 0 rings (SSSR count). The maximum absolute atomic E-state index is 10.5. The Bertz CT molecular complexity index is 241. The second-order valence-electron chi connectivity index (χ2n) is 5.80. The molecule has 0 saturated heterocycles. The van der Waals surface area contributed by atoms with Gasteiger partial charge in [-0.2, -0.15) is 0 Å². The van der Waals surface area contributed by atoms with Crippen molar-refractivity contribution >= 4 is 5.91 Å². The molecule has 0 saturated carbocycles. The van der Waals surface area contributed by atoms with Crippen molar-refractivity contribution in [1.82, 2.24) is 0 Å². The first-order chi connectivity index (χ1) is 9.77. The van der Waals surface area contributed by atoms with E-state index in [-0.39, 0.29) is 23.0 Å². The van der Waals surface area contributed by atoms with E-state index in [4.69, 9.17) is 5.73 Å². The van der Waals surface area contributed by atoms with Crippen molar-refractivity contribution in [3.63, 3.8) is 0 Å². The van der Waals surface area contributed by atoms with Crippen LogP contribution >= 0.6 is 0 Å². The van der Waals surface area contributed by atoms with Crippen LogP contribution in [0.1, 0.15) is 96.8 Å². The smallest absolute Gasteiger partial charge is 0.217 e. The maximum Gasteiger partial charge on any atom is 0.217 e. The SMILES string of the molecule is CCCCCCCC/C=C\CCCCCCCC(N)=O.[Fe]. The summed E-state index contributed by atoms with van der Waals surface area (Å²) in [4.78, 5) is 10.5. The quantitative estimate of drug-likeness (QED) is 0.239. The van der Waals surface area contributed by atoms with E-state index in [0.717, 1.165) is 12.8 Å². The monoisotopic (exact) mass is 337 g/mol. The molecule has 21 heavy (non-hydrogen) atoms. The van der Waals surface area contributed by atoms with Crippen molar-refractivity contribution in [3.8, 4) is 0 Å². The molecule has 0 aliphatic carbocycles. The minimum Gasteiger partial charge on any atom is -0.370 e. The van der Waals surface area contributed by atoms with Crippen LogP contribution in [-0.2, 0) is 21.9 Å². The molecule has 0 atom stereocenters. The first-order valence-electron chi connectivity index (χ1n) is 8.70. The van der Waals surface area contributed by atoms with E-state index in [1.165, 1.54) is 70.6 Å². The van der Waals surface area contributed by atoms with Crippen LogP contribution in [0.5, 0.6) is 0 Å². The van der Waals surface area contributed by atoms with Crippen molar-refractivity contribution in [2.24, 2.45) is 5.73 Å². The summed E-state index contributed by atoms with van der Waals surface area (Å²) in [6.45, 7) is 2.26. The summed E-state index contributed by atoms with van der Waals surface area (Å²) in [5.41, 5.74) is 5.10. The van der Waals surface area contributed by atoms with E-state index in [1.54, 1.807) is 0 Å². The number of rotatable bonds is 15. The van der Waals surface area contributed by atoms with Gasteiger partial charge in [0.25, 0.3) is 0 Å². The Morgan fingerprint density at radius 2 is 1.19 bits per heavy atom. The Hall–Kier alpha value is -0.271. The molecule has 0 radical (unpaired) electrons. The Morgan fingerprint density at radius 1 is 0.762 bits per heavy atom. The summed E-state index contributed by atoms with van der Waals surface area (Å²) in [6, 6.07) is 0. The minimum absolute atomic E-state index is 0. The predicted octanol–water partition coefficient (Wildman–Crippen LogP) is 5.51. The molecule has 1 amide bonds. The molecule has 0 aromatic heterocycles. The zero-order chi connectivity index (χ0) is 14.9. The van der Waals surface area contributed by atoms with Crippen molar-refractivity contribution in [1.29, 1.82) is 0 Å². The van der Waals surface area contributed by atoms with Gasteiger partial charge in [-0.05, 0) is 32.1 Å². The van der Waals surface area contributed by atoms with E-state index in [0.29, 0.717) is 6.42 Å². The number of primary amides is 1. The molecule has 0 aromatic carbocycles. The molecular formula is C18H35FeNO. The molecular weight excluding hydrogens is 302 g/mol. The van der Waals surface area contributed by atoms with Gasteiger partial charge in [-0.15, -0.1) is 0 Å². The third kappa shape index (κ3) is 22.2. The molecule has 0 aliphatic heterocycles. The van der Waals surface area contributed by atoms with E-state index in [9.17, 15) is 4.79 Å². The Labute approximate surface area is 142 Å². The van der Waals surface area contributed by atoms with Crippen LogP contribution in [0.4, 0.5) is 0 Å². The number of amides is 1. The molecule has 0 bridgehead atoms. The van der Waals surface area contributed by atoms with E-state index >= 15 is 0 Å². The summed E-state index contributed by atoms with van der Waals surface area (Å²) < 4.78 is 0. The first kappa shape index (κ1) is 23.0. The normalized spacial score (nSPS) is 10.7. The topological polar surface area (TPSA) is 43.1 Å². The fourth-order valence-electron chi connectivity index (χ4n) is 2.37. The van der Waals surface area contributed by atoms with Crippen molar-refractivity contribution in [3.05, 3.63) is 12.2 Å². The average molecular weight is 337 g/mol. The van der Waals surface area contributed by atoms with Gasteiger partial charge in [-0.25, -0.2) is 0 Å². The third-order valence-corrected chi connectivity index (χ3v) is 3.68. The summed E-state index contributed by atoms with van der Waals surface area (Å²) in [6.07, 6.45) is 21.9. The summed E-state index contributed by atoms with van der Waals surface area (Å²) >= 11 is 0. The second-order valence-corrected chi connectivity index (χ2v) is 5.80. The average Bonchev–Trinajstić information content (AvgIpc) is 2.43. The number of unbranched alkanes of at least 4 members (excludes halogenated alkanes) is 11. The minimum atomic E-state index is -0.164. The Kier molecular flexibility index (Phi) is 21.6. The molecule has 3 heteroatoms. The largest absolute Gasteiger partial charge is 0.370 e. The number of hydrogen-bond acceptors (Lipinski definition) is 1. The number of carbonyl (C=O) groups is 1. The van der Waals surface area contributed by atoms with Crippen LogP contribution in [0.15, 0.2) is 12.2 Å². The summed E-state index contributed by atoms with van der Waals surface area (Å²) in [7, 11) is 0. The van der Waals surface area contributed by atoms with Gasteiger partial charge in [-0.1, -0.05) is 70.4 Å². The van der Waals surface area contributed by atoms with Crippen LogP contribution in [0, 0.1) is 0 Å². The molecule has 0 spiro atoms. The number of carbonyl (C=O) groups excluding carboxylic acids is 1. The fraction of sp³-hybridized carbons (Fsp3) is 0.833. The van der Waals surface area contributed by atoms with E-state index in [2.05, 4.69) is 19.1 Å². The molecule has 0 heterocycles. The van der Waals surface area contributed by atoms with Crippen molar-refractivity contribution in [2.75, 3.05) is 0 Å². The predicted molar refractivity (Wildman–Crippen MR) is 88.6 cm³/mol. The zero-order valence-electron chi connectivity index (χ0n) is 13.9. The van der Waals surface area contributed by atoms with E-state index < -0.39 is 0 Å². The van der Waals surface area contributed by atoms with Crippen LogP contribution in [0.2, 0.25) is 0 Å². The van der Waals surface area contributed by atoms with Crippen LogP contribution in [0.25, 0.3) is 0 Å². The van der Waals surface area contributed by atoms with Gasteiger partial charge in [0.1, 0.15) is 0 Å². The molecule has 2 N–H and O–H groups in total. The molecule has 0 aliphatic rings. The van der Waals surface area contributed by atoms with Gasteiger partial charge in [0.05, 0.1) is 0 Å². The number of nitrogens with two attached hydrogens (primary N) is 1. The number of allylic oxidation sites excluding steroid dienone is 2. The van der Waals surface area contributed by atoms with Gasteiger partial charge < -0.3 is 5.73 Å². The van der Waals surface area contributed by atoms with E-state index in [1.807, 2.05) is 0 Å². The fourth-order valence-corrected chi connectivity index (χ4v) is 2.37. The number of hydrogen-bond donors (Lipinski definition) is 1. The van der Waals surface area contributed by atoms with Crippen LogP contribution < -0.4 is 5.73 Å². The van der Waals surface area contributed by atoms with Gasteiger partial charge in [-0.3, -0.25) is 4.79 Å². The summed E-state index contributed by atoms with van der Waals surface area (Å²) in [5.74, 6) is -0.164. The van der Waals surface area contributed by atoms with Gasteiger partial charge in [0, 0.05) is 23.5 Å². The first-order valence-corrected chi connectivity index (χ1v) is 8.70. The van der Waals surface area contributed by atoms with Crippen molar-refractivity contribution in [2.45, 2.75) is 96.8 Å². The molecule has 0 unspecified atom stereocenters.